The number of ether oxygens (including phenoxy) is 1. The number of hydrogen-bond donors (Lipinski definition) is 2. The highest BCUT2D eigenvalue weighted by Crippen LogP contribution is 2.24. The Morgan fingerprint density at radius 3 is 1.86 bits per heavy atom. The second-order valence-corrected chi connectivity index (χ2v) is 11.7. The molecule has 0 heterocycles. The molecule has 0 bridgehead atoms. The third kappa shape index (κ3) is 19.5. The number of anilines is 1. The van der Waals surface area contributed by atoms with Crippen LogP contribution in [-0.2, 0) is 9.59 Å². The van der Waals surface area contributed by atoms with Crippen LogP contribution in [0.5, 0.6) is 5.75 Å². The number of carbonyl (C=O) groups excluding carboxylic acids is 1. The highest BCUT2D eigenvalue weighted by molar-refractivity contribution is 7.99. The molecule has 0 aliphatic rings. The van der Waals surface area contributed by atoms with Crippen LogP contribution in [0.2, 0.25) is 0 Å². The van der Waals surface area contributed by atoms with Gasteiger partial charge in [0, 0.05) is 12.8 Å². The fraction of sp³-hybridized carbons (Fsp3) is 0.733. The zero-order valence-corrected chi connectivity index (χ0v) is 23.7. The minimum atomic E-state index is -0.830. The largest absolute Gasteiger partial charge is 0.491 e. The Labute approximate surface area is 224 Å². The molecule has 1 rings (SSSR count). The molecule has 2 N–H and O–H groups in total. The Balaban J connectivity index is 1.93. The van der Waals surface area contributed by atoms with Crippen LogP contribution in [0.3, 0.4) is 0 Å². The summed E-state index contributed by atoms with van der Waals surface area (Å²) in [6, 6.07) is 7.32. The van der Waals surface area contributed by atoms with E-state index in [4.69, 9.17) is 9.84 Å². The molecule has 0 radical (unpaired) electrons. The van der Waals surface area contributed by atoms with Crippen LogP contribution in [0.1, 0.15) is 123 Å². The van der Waals surface area contributed by atoms with E-state index in [0.29, 0.717) is 30.9 Å². The lowest BCUT2D eigenvalue weighted by atomic mass is 10.0. The minimum absolute atomic E-state index is 0.00559. The smallest absolute Gasteiger partial charge is 0.303 e. The SMILES string of the molecule is CC(C)SCCCCCCCCCCCCCCCCC(=O)Nc1ccccc1OCCCC(=O)O. The summed E-state index contributed by atoms with van der Waals surface area (Å²) in [6.45, 7) is 4.88. The second-order valence-electron chi connectivity index (χ2n) is 10.0. The number of rotatable bonds is 24. The summed E-state index contributed by atoms with van der Waals surface area (Å²) < 4.78 is 5.65. The first-order valence-corrected chi connectivity index (χ1v) is 15.4. The van der Waals surface area contributed by atoms with Crippen molar-refractivity contribution in [2.24, 2.45) is 0 Å². The van der Waals surface area contributed by atoms with Crippen LogP contribution in [0.15, 0.2) is 24.3 Å². The van der Waals surface area contributed by atoms with Gasteiger partial charge in [0.25, 0.3) is 0 Å². The molecule has 5 nitrogen and oxygen atoms in total. The normalized spacial score (nSPS) is 11.1. The zero-order chi connectivity index (χ0) is 26.3. The van der Waals surface area contributed by atoms with E-state index in [9.17, 15) is 9.59 Å². The van der Waals surface area contributed by atoms with Crippen molar-refractivity contribution in [1.82, 2.24) is 0 Å². The van der Waals surface area contributed by atoms with Gasteiger partial charge in [-0.2, -0.15) is 11.8 Å². The van der Waals surface area contributed by atoms with E-state index < -0.39 is 5.97 Å². The monoisotopic (exact) mass is 521 g/mol. The topological polar surface area (TPSA) is 75.6 Å². The number of aliphatic carboxylic acids is 1. The second kappa shape index (κ2) is 22.5. The van der Waals surface area contributed by atoms with Crippen LogP contribution in [0, 0.1) is 0 Å². The third-order valence-electron chi connectivity index (χ3n) is 6.20. The molecule has 6 heteroatoms. The number of carboxylic acid groups (broad SMARTS) is 1. The molecule has 0 atom stereocenters. The van der Waals surface area contributed by atoms with Crippen molar-refractivity contribution in [3.63, 3.8) is 0 Å². The molecule has 0 aliphatic heterocycles. The summed E-state index contributed by atoms with van der Waals surface area (Å²) in [6.07, 6.45) is 19.3. The first kappa shape index (κ1) is 32.3. The van der Waals surface area contributed by atoms with Gasteiger partial charge in [-0.25, -0.2) is 0 Å². The minimum Gasteiger partial charge on any atom is -0.491 e. The molecular weight excluding hydrogens is 470 g/mol. The van der Waals surface area contributed by atoms with Crippen molar-refractivity contribution in [1.29, 1.82) is 0 Å². The molecule has 1 aromatic carbocycles. The Hall–Kier alpha value is -1.69. The predicted molar refractivity (Wildman–Crippen MR) is 154 cm³/mol. The van der Waals surface area contributed by atoms with E-state index >= 15 is 0 Å². The predicted octanol–water partition coefficient (Wildman–Crippen LogP) is 8.86. The van der Waals surface area contributed by atoms with E-state index in [2.05, 4.69) is 30.9 Å². The van der Waals surface area contributed by atoms with Crippen molar-refractivity contribution in [3.05, 3.63) is 24.3 Å². The van der Waals surface area contributed by atoms with E-state index in [1.165, 1.54) is 82.8 Å². The third-order valence-corrected chi connectivity index (χ3v) is 7.39. The van der Waals surface area contributed by atoms with E-state index in [1.54, 1.807) is 6.07 Å². The summed E-state index contributed by atoms with van der Waals surface area (Å²) in [5, 5.41) is 12.4. The fourth-order valence-electron chi connectivity index (χ4n) is 4.14. The molecule has 0 saturated carbocycles. The summed E-state index contributed by atoms with van der Waals surface area (Å²) >= 11 is 2.09. The Morgan fingerprint density at radius 1 is 0.778 bits per heavy atom. The standard InChI is InChI=1S/C30H51NO4S/c1-26(2)36-25-18-14-12-10-8-6-4-3-5-7-9-11-13-15-22-29(32)31-27-20-16-17-21-28(27)35-24-19-23-30(33)34/h16-17,20-21,26H,3-15,18-19,22-25H2,1-2H3,(H,31,32)(H,33,34). The first-order valence-electron chi connectivity index (χ1n) is 14.3. The molecule has 0 aliphatic carbocycles. The maximum atomic E-state index is 12.3. The van der Waals surface area contributed by atoms with Crippen molar-refractivity contribution in [3.8, 4) is 5.75 Å². The van der Waals surface area contributed by atoms with Gasteiger partial charge >= 0.3 is 5.97 Å². The van der Waals surface area contributed by atoms with E-state index in [1.807, 2.05) is 18.2 Å². The highest BCUT2D eigenvalue weighted by atomic mass is 32.2. The molecule has 0 saturated heterocycles. The van der Waals surface area contributed by atoms with Crippen LogP contribution >= 0.6 is 11.8 Å². The van der Waals surface area contributed by atoms with Gasteiger partial charge in [0.15, 0.2) is 0 Å². The van der Waals surface area contributed by atoms with Crippen LogP contribution < -0.4 is 10.1 Å². The van der Waals surface area contributed by atoms with Crippen molar-refractivity contribution in [2.45, 2.75) is 128 Å². The number of hydrogen-bond acceptors (Lipinski definition) is 4. The van der Waals surface area contributed by atoms with Gasteiger partial charge in [-0.05, 0) is 42.4 Å². The van der Waals surface area contributed by atoms with Gasteiger partial charge in [0.1, 0.15) is 5.75 Å². The van der Waals surface area contributed by atoms with Gasteiger partial charge in [-0.3, -0.25) is 9.59 Å². The first-order chi connectivity index (χ1) is 17.5. The lowest BCUT2D eigenvalue weighted by Gasteiger charge is -2.12. The molecule has 0 spiro atoms. The molecule has 36 heavy (non-hydrogen) atoms. The van der Waals surface area contributed by atoms with Crippen LogP contribution in [0.4, 0.5) is 5.69 Å². The van der Waals surface area contributed by atoms with Crippen molar-refractivity contribution >= 4 is 29.3 Å². The molecule has 0 unspecified atom stereocenters. The average molecular weight is 522 g/mol. The lowest BCUT2D eigenvalue weighted by molar-refractivity contribution is -0.137. The number of carbonyl (C=O) groups is 2. The number of carboxylic acids is 1. The molecule has 0 aromatic heterocycles. The fourth-order valence-corrected chi connectivity index (χ4v) is 4.98. The summed E-state index contributed by atoms with van der Waals surface area (Å²) in [5.74, 6) is 1.09. The zero-order valence-electron chi connectivity index (χ0n) is 22.9. The average Bonchev–Trinajstić information content (AvgIpc) is 2.84. The maximum absolute atomic E-state index is 12.3. The van der Waals surface area contributed by atoms with Gasteiger partial charge in [-0.1, -0.05) is 103 Å². The molecular formula is C30H51NO4S. The van der Waals surface area contributed by atoms with E-state index in [-0.39, 0.29) is 12.3 Å². The Bertz CT molecular complexity index is 695. The quantitative estimate of drug-likeness (QED) is 0.133. The van der Waals surface area contributed by atoms with Gasteiger partial charge in [-0.15, -0.1) is 0 Å². The molecule has 206 valence electrons. The Morgan fingerprint density at radius 2 is 1.31 bits per heavy atom. The lowest BCUT2D eigenvalue weighted by Crippen LogP contribution is -2.12. The van der Waals surface area contributed by atoms with Crippen LogP contribution in [-0.4, -0.2) is 34.6 Å². The summed E-state index contributed by atoms with van der Waals surface area (Å²) in [5.41, 5.74) is 0.651. The Kier molecular flexibility index (Phi) is 20.2. The van der Waals surface area contributed by atoms with Gasteiger partial charge in [0.05, 0.1) is 12.3 Å². The maximum Gasteiger partial charge on any atom is 0.303 e. The number of unbranched alkanes of at least 4 members (excludes halogenated alkanes) is 13. The number of para-hydroxylation sites is 2. The molecule has 0 fully saturated rings. The van der Waals surface area contributed by atoms with Crippen molar-refractivity contribution in [2.75, 3.05) is 17.7 Å². The number of amides is 1. The van der Waals surface area contributed by atoms with Gasteiger partial charge in [0.2, 0.25) is 5.91 Å². The number of nitrogens with one attached hydrogen (secondary N) is 1. The number of thioether (sulfide) groups is 1. The number of benzene rings is 1. The van der Waals surface area contributed by atoms with Gasteiger partial charge < -0.3 is 15.2 Å². The summed E-state index contributed by atoms with van der Waals surface area (Å²) in [4.78, 5) is 22.9. The van der Waals surface area contributed by atoms with Crippen LogP contribution in [0.25, 0.3) is 0 Å². The molecule has 1 aromatic rings. The highest BCUT2D eigenvalue weighted by Gasteiger charge is 2.08. The van der Waals surface area contributed by atoms with E-state index in [0.717, 1.165) is 18.1 Å². The molecule has 1 amide bonds. The van der Waals surface area contributed by atoms with Crippen molar-refractivity contribution < 1.29 is 19.4 Å². The summed E-state index contributed by atoms with van der Waals surface area (Å²) in [7, 11) is 0.